The fourth-order valence-electron chi connectivity index (χ4n) is 1.26. The number of amides is 1. The number of carbonyl (C=O) groups is 2. The SMILES string of the molecule is CC[C@H](C)[C@@H](/C=C/C(=O)O)NC(=O)OC(C)(C)C. The summed E-state index contributed by atoms with van der Waals surface area (Å²) in [6.07, 6.45) is 2.79. The number of alkyl carbamates (subject to hydrolysis) is 1. The molecule has 2 atom stereocenters. The van der Waals surface area contributed by atoms with Gasteiger partial charge in [0.25, 0.3) is 0 Å². The minimum absolute atomic E-state index is 0.133. The lowest BCUT2D eigenvalue weighted by Crippen LogP contribution is -2.41. The highest BCUT2D eigenvalue weighted by Crippen LogP contribution is 2.11. The normalized spacial score (nSPS) is 15.2. The van der Waals surface area contributed by atoms with Crippen LogP contribution < -0.4 is 5.32 Å². The first kappa shape index (κ1) is 16.5. The number of aliphatic carboxylic acids is 1. The first-order valence-electron chi connectivity index (χ1n) is 6.06. The minimum Gasteiger partial charge on any atom is -0.478 e. The van der Waals surface area contributed by atoms with E-state index < -0.39 is 17.7 Å². The molecule has 0 aromatic heterocycles. The Bertz CT molecular complexity index is 317. The van der Waals surface area contributed by atoms with E-state index in [0.29, 0.717) is 0 Å². The largest absolute Gasteiger partial charge is 0.478 e. The second kappa shape index (κ2) is 7.03. The maximum atomic E-state index is 11.6. The molecule has 0 unspecified atom stereocenters. The van der Waals surface area contributed by atoms with E-state index in [2.05, 4.69) is 5.32 Å². The summed E-state index contributed by atoms with van der Waals surface area (Å²) in [4.78, 5) is 22.1. The van der Waals surface area contributed by atoms with Crippen LogP contribution in [0.1, 0.15) is 41.0 Å². The zero-order valence-corrected chi connectivity index (χ0v) is 11.7. The standard InChI is InChI=1S/C13H23NO4/c1-6-9(2)10(7-8-11(15)16)14-12(17)18-13(3,4)5/h7-10H,6H2,1-5H3,(H,14,17)(H,15,16)/b8-7+/t9-,10+/m0/s1. The first-order chi connectivity index (χ1) is 8.15. The van der Waals surface area contributed by atoms with Crippen LogP contribution in [0.2, 0.25) is 0 Å². The highest BCUT2D eigenvalue weighted by molar-refractivity contribution is 5.80. The maximum absolute atomic E-state index is 11.6. The average molecular weight is 257 g/mol. The van der Waals surface area contributed by atoms with Gasteiger partial charge < -0.3 is 15.2 Å². The van der Waals surface area contributed by atoms with E-state index in [0.717, 1.165) is 12.5 Å². The molecule has 5 nitrogen and oxygen atoms in total. The van der Waals surface area contributed by atoms with Crippen LogP contribution in [0.4, 0.5) is 4.79 Å². The molecule has 2 N–H and O–H groups in total. The molecule has 0 rings (SSSR count). The third-order valence-corrected chi connectivity index (χ3v) is 2.39. The Labute approximate surface area is 108 Å². The van der Waals surface area contributed by atoms with Crippen molar-refractivity contribution in [3.8, 4) is 0 Å². The number of carboxylic acid groups (broad SMARTS) is 1. The summed E-state index contributed by atoms with van der Waals surface area (Å²) in [5, 5.41) is 11.3. The van der Waals surface area contributed by atoms with Crippen LogP contribution in [-0.2, 0) is 9.53 Å². The van der Waals surface area contributed by atoms with Crippen molar-refractivity contribution in [1.29, 1.82) is 0 Å². The monoisotopic (exact) mass is 257 g/mol. The topological polar surface area (TPSA) is 75.6 Å². The molecule has 0 bridgehead atoms. The molecule has 0 aliphatic carbocycles. The van der Waals surface area contributed by atoms with E-state index in [4.69, 9.17) is 9.84 Å². The van der Waals surface area contributed by atoms with E-state index in [9.17, 15) is 9.59 Å². The molecule has 0 aliphatic rings. The lowest BCUT2D eigenvalue weighted by atomic mass is 9.99. The zero-order valence-electron chi connectivity index (χ0n) is 11.7. The predicted octanol–water partition coefficient (Wildman–Crippen LogP) is 2.57. The van der Waals surface area contributed by atoms with E-state index in [1.165, 1.54) is 6.08 Å². The minimum atomic E-state index is -1.03. The summed E-state index contributed by atoms with van der Waals surface area (Å²) < 4.78 is 5.14. The first-order valence-corrected chi connectivity index (χ1v) is 6.06. The van der Waals surface area contributed by atoms with Gasteiger partial charge in [-0.15, -0.1) is 0 Å². The van der Waals surface area contributed by atoms with Crippen LogP contribution in [0.15, 0.2) is 12.2 Å². The van der Waals surface area contributed by atoms with E-state index >= 15 is 0 Å². The number of rotatable bonds is 5. The number of nitrogens with one attached hydrogen (secondary N) is 1. The highest BCUT2D eigenvalue weighted by atomic mass is 16.6. The Kier molecular flexibility index (Phi) is 6.44. The van der Waals surface area contributed by atoms with E-state index in [-0.39, 0.29) is 12.0 Å². The van der Waals surface area contributed by atoms with Crippen molar-refractivity contribution >= 4 is 12.1 Å². The molecule has 0 saturated heterocycles. The molecule has 18 heavy (non-hydrogen) atoms. The van der Waals surface area contributed by atoms with Gasteiger partial charge in [0, 0.05) is 6.08 Å². The molecular formula is C13H23NO4. The number of ether oxygens (including phenoxy) is 1. The van der Waals surface area contributed by atoms with Crippen molar-refractivity contribution in [1.82, 2.24) is 5.32 Å². The fourth-order valence-corrected chi connectivity index (χ4v) is 1.26. The Morgan fingerprint density at radius 2 is 1.94 bits per heavy atom. The summed E-state index contributed by atoms with van der Waals surface area (Å²) in [5.74, 6) is -0.901. The van der Waals surface area contributed by atoms with Crippen molar-refractivity contribution in [3.63, 3.8) is 0 Å². The molecule has 1 amide bonds. The molecule has 0 spiro atoms. The quantitative estimate of drug-likeness (QED) is 0.742. The van der Waals surface area contributed by atoms with Crippen molar-refractivity contribution in [2.45, 2.75) is 52.7 Å². The summed E-state index contributed by atoms with van der Waals surface area (Å²) in [6.45, 7) is 9.24. The molecule has 0 fully saturated rings. The van der Waals surface area contributed by atoms with Gasteiger partial charge in [0.05, 0.1) is 6.04 Å². The number of hydrogen-bond acceptors (Lipinski definition) is 3. The Hall–Kier alpha value is -1.52. The second-order valence-corrected chi connectivity index (χ2v) is 5.25. The fraction of sp³-hybridized carbons (Fsp3) is 0.692. The highest BCUT2D eigenvalue weighted by Gasteiger charge is 2.21. The number of hydrogen-bond donors (Lipinski definition) is 2. The van der Waals surface area contributed by atoms with Gasteiger partial charge in [-0.1, -0.05) is 26.3 Å². The van der Waals surface area contributed by atoms with Crippen LogP contribution in [0.3, 0.4) is 0 Å². The molecule has 5 heteroatoms. The van der Waals surface area contributed by atoms with Gasteiger partial charge in [-0.2, -0.15) is 0 Å². The second-order valence-electron chi connectivity index (χ2n) is 5.25. The van der Waals surface area contributed by atoms with Crippen molar-refractivity contribution in [2.75, 3.05) is 0 Å². The summed E-state index contributed by atoms with van der Waals surface area (Å²) in [6, 6.07) is -0.346. The Morgan fingerprint density at radius 3 is 2.33 bits per heavy atom. The Balaban J connectivity index is 4.60. The molecule has 0 aromatic carbocycles. The predicted molar refractivity (Wildman–Crippen MR) is 69.4 cm³/mol. The summed E-state index contributed by atoms with van der Waals surface area (Å²) in [5.41, 5.74) is -0.569. The molecule has 0 aliphatic heterocycles. The van der Waals surface area contributed by atoms with Crippen LogP contribution in [0, 0.1) is 5.92 Å². The molecular weight excluding hydrogens is 234 g/mol. The number of carbonyl (C=O) groups excluding carboxylic acids is 1. The van der Waals surface area contributed by atoms with Crippen molar-refractivity contribution in [2.24, 2.45) is 5.92 Å². The lowest BCUT2D eigenvalue weighted by molar-refractivity contribution is -0.131. The van der Waals surface area contributed by atoms with Gasteiger partial charge in [-0.25, -0.2) is 9.59 Å². The van der Waals surface area contributed by atoms with E-state index in [1.54, 1.807) is 20.8 Å². The van der Waals surface area contributed by atoms with Crippen molar-refractivity contribution < 1.29 is 19.4 Å². The number of carboxylic acids is 1. The van der Waals surface area contributed by atoms with Gasteiger partial charge >= 0.3 is 12.1 Å². The van der Waals surface area contributed by atoms with Gasteiger partial charge in [0.15, 0.2) is 0 Å². The summed E-state index contributed by atoms with van der Waals surface area (Å²) >= 11 is 0. The summed E-state index contributed by atoms with van der Waals surface area (Å²) in [7, 11) is 0. The third kappa shape index (κ3) is 7.70. The van der Waals surface area contributed by atoms with Gasteiger partial charge in [-0.05, 0) is 26.7 Å². The molecule has 0 aromatic rings. The average Bonchev–Trinajstić information content (AvgIpc) is 2.20. The lowest BCUT2D eigenvalue weighted by Gasteiger charge is -2.24. The van der Waals surface area contributed by atoms with Gasteiger partial charge in [-0.3, -0.25) is 0 Å². The van der Waals surface area contributed by atoms with Crippen LogP contribution in [0.25, 0.3) is 0 Å². The van der Waals surface area contributed by atoms with Gasteiger partial charge in [0.1, 0.15) is 5.60 Å². The molecule has 104 valence electrons. The molecule has 0 heterocycles. The van der Waals surface area contributed by atoms with Crippen LogP contribution in [-0.4, -0.2) is 28.8 Å². The van der Waals surface area contributed by atoms with Crippen LogP contribution >= 0.6 is 0 Å². The molecule has 0 radical (unpaired) electrons. The van der Waals surface area contributed by atoms with Crippen molar-refractivity contribution in [3.05, 3.63) is 12.2 Å². The third-order valence-electron chi connectivity index (χ3n) is 2.39. The van der Waals surface area contributed by atoms with Gasteiger partial charge in [0.2, 0.25) is 0 Å². The molecule has 0 saturated carbocycles. The van der Waals surface area contributed by atoms with E-state index in [1.807, 2.05) is 13.8 Å². The van der Waals surface area contributed by atoms with Crippen LogP contribution in [0.5, 0.6) is 0 Å². The Morgan fingerprint density at radius 1 is 1.39 bits per heavy atom. The smallest absolute Gasteiger partial charge is 0.408 e. The zero-order chi connectivity index (χ0) is 14.3. The maximum Gasteiger partial charge on any atom is 0.408 e.